The molecule has 2 amide bonds. The van der Waals surface area contributed by atoms with Crippen molar-refractivity contribution in [1.82, 2.24) is 15.2 Å². The summed E-state index contributed by atoms with van der Waals surface area (Å²) in [5.41, 5.74) is 5.95. The van der Waals surface area contributed by atoms with Crippen LogP contribution in [0.25, 0.3) is 0 Å². The summed E-state index contributed by atoms with van der Waals surface area (Å²) >= 11 is 2.43. The summed E-state index contributed by atoms with van der Waals surface area (Å²) in [4.78, 5) is 59.1. The molecule has 4 atom stereocenters. The van der Waals surface area contributed by atoms with Crippen molar-refractivity contribution in [2.45, 2.75) is 17.8 Å². The van der Waals surface area contributed by atoms with Gasteiger partial charge in [-0.05, 0) is 0 Å². The number of thioether (sulfide) groups is 1. The van der Waals surface area contributed by atoms with Crippen LogP contribution in [-0.2, 0) is 24.0 Å². The molecule has 0 bridgehead atoms. The van der Waals surface area contributed by atoms with Crippen molar-refractivity contribution in [2.24, 2.45) is 11.1 Å². The fourth-order valence-corrected chi connectivity index (χ4v) is 6.57. The summed E-state index contributed by atoms with van der Waals surface area (Å²) in [6, 6.07) is -0.977. The van der Waals surface area contributed by atoms with Crippen molar-refractivity contribution < 1.29 is 38.7 Å². The number of nitrogen functional groups attached to an aromatic ring is 1. The molecule has 1 aromatic heterocycles. The van der Waals surface area contributed by atoms with Crippen molar-refractivity contribution in [1.29, 1.82) is 0 Å². The lowest BCUT2D eigenvalue weighted by Crippen LogP contribution is -2.71. The highest BCUT2D eigenvalue weighted by Crippen LogP contribution is 2.41. The third-order valence-electron chi connectivity index (χ3n) is 6.29. The Hall–Kier alpha value is -3.17. The number of hydrogen-bond acceptors (Lipinski definition) is 11. The lowest BCUT2D eigenvalue weighted by Gasteiger charge is -2.51. The molecule has 2 saturated heterocycles. The van der Waals surface area contributed by atoms with Crippen molar-refractivity contribution >= 4 is 57.7 Å². The molecule has 35 heavy (non-hydrogen) atoms. The van der Waals surface area contributed by atoms with E-state index in [-0.39, 0.29) is 22.2 Å². The van der Waals surface area contributed by atoms with Crippen LogP contribution >= 0.6 is 23.1 Å². The maximum Gasteiger partial charge on any atom is 0.312 e. The zero-order valence-electron chi connectivity index (χ0n) is 18.9. The van der Waals surface area contributed by atoms with Crippen LogP contribution < -0.4 is 16.2 Å². The number of anilines is 1. The second-order valence-corrected chi connectivity index (χ2v) is 10.8. The SMILES string of the molecule is CO/N=C(\C(=O)N[C@@H]1C(=O)N2C(C(=O)[O-])=C(C[N+]3(C)CCC(C(=O)O)C3)CS[C@H]12)c1csc(N)n1. The monoisotopic (exact) mass is 524 g/mol. The van der Waals surface area contributed by atoms with Crippen LogP contribution in [0.15, 0.2) is 21.8 Å². The Labute approximate surface area is 208 Å². The van der Waals surface area contributed by atoms with Gasteiger partial charge in [-0.1, -0.05) is 5.16 Å². The lowest BCUT2D eigenvalue weighted by molar-refractivity contribution is -0.894. The van der Waals surface area contributed by atoms with E-state index in [4.69, 9.17) is 10.6 Å². The van der Waals surface area contributed by atoms with Gasteiger partial charge in [0.1, 0.15) is 36.7 Å². The van der Waals surface area contributed by atoms with E-state index < -0.39 is 41.1 Å². The minimum atomic E-state index is -1.48. The van der Waals surface area contributed by atoms with Crippen LogP contribution in [-0.4, -0.2) is 99.9 Å². The number of carboxylic acids is 2. The number of carbonyl (C=O) groups is 4. The van der Waals surface area contributed by atoms with E-state index in [0.29, 0.717) is 41.9 Å². The molecule has 188 valence electrons. The summed E-state index contributed by atoms with van der Waals surface area (Å²) in [6.45, 7) is 1.26. The first-order chi connectivity index (χ1) is 16.5. The Kier molecular flexibility index (Phi) is 6.75. The second kappa shape index (κ2) is 9.47. The van der Waals surface area contributed by atoms with E-state index >= 15 is 0 Å². The predicted octanol–water partition coefficient (Wildman–Crippen LogP) is -1.97. The van der Waals surface area contributed by atoms with Crippen molar-refractivity contribution in [3.63, 3.8) is 0 Å². The molecule has 4 rings (SSSR count). The molecule has 0 saturated carbocycles. The van der Waals surface area contributed by atoms with Gasteiger partial charge in [-0.2, -0.15) is 0 Å². The fourth-order valence-electron chi connectivity index (χ4n) is 4.68. The van der Waals surface area contributed by atoms with Gasteiger partial charge in [0.2, 0.25) is 0 Å². The molecular formula is C20H24N6O7S2. The largest absolute Gasteiger partial charge is 0.543 e. The van der Waals surface area contributed by atoms with Crippen molar-refractivity contribution in [2.75, 3.05) is 45.3 Å². The third kappa shape index (κ3) is 4.70. The number of likely N-dealkylation sites (N-methyl/N-ethyl adjacent to an activating group) is 1. The lowest BCUT2D eigenvalue weighted by atomic mass is 10.0. The highest BCUT2D eigenvalue weighted by atomic mass is 32.2. The summed E-state index contributed by atoms with van der Waals surface area (Å²) in [5, 5.41) is 28.8. The molecule has 15 heteroatoms. The Morgan fingerprint density at radius 2 is 2.20 bits per heavy atom. The number of aliphatic carboxylic acids is 2. The average molecular weight is 525 g/mol. The van der Waals surface area contributed by atoms with Gasteiger partial charge in [-0.25, -0.2) is 4.98 Å². The minimum Gasteiger partial charge on any atom is -0.543 e. The number of carboxylic acid groups (broad SMARTS) is 2. The Balaban J connectivity index is 1.51. The van der Waals surface area contributed by atoms with Gasteiger partial charge in [0.15, 0.2) is 10.8 Å². The number of β-lactam (4-membered cyclic amide) rings is 1. The molecule has 3 aliphatic heterocycles. The maximum absolute atomic E-state index is 13.0. The molecule has 4 heterocycles. The smallest absolute Gasteiger partial charge is 0.312 e. The zero-order chi connectivity index (χ0) is 25.5. The molecule has 3 aliphatic rings. The fraction of sp³-hybridized carbons (Fsp3) is 0.500. The van der Waals surface area contributed by atoms with Crippen LogP contribution in [0.5, 0.6) is 0 Å². The number of thiazole rings is 1. The molecule has 0 aromatic carbocycles. The first-order valence-electron chi connectivity index (χ1n) is 10.6. The number of nitrogens with zero attached hydrogens (tertiary/aromatic N) is 4. The minimum absolute atomic E-state index is 0.164. The number of hydrogen-bond donors (Lipinski definition) is 3. The number of amides is 2. The second-order valence-electron chi connectivity index (χ2n) is 8.80. The van der Waals surface area contributed by atoms with Crippen LogP contribution in [0.1, 0.15) is 12.1 Å². The van der Waals surface area contributed by atoms with E-state index in [9.17, 15) is 29.4 Å². The number of oxime groups is 1. The van der Waals surface area contributed by atoms with E-state index in [1.54, 1.807) is 0 Å². The molecule has 2 fully saturated rings. The Bertz CT molecular complexity index is 1150. The summed E-state index contributed by atoms with van der Waals surface area (Å²) in [5.74, 6) is -3.84. The van der Waals surface area contributed by atoms with E-state index in [0.717, 1.165) is 16.2 Å². The molecule has 0 radical (unpaired) electrons. The Morgan fingerprint density at radius 3 is 2.77 bits per heavy atom. The number of carbonyl (C=O) groups excluding carboxylic acids is 3. The highest BCUT2D eigenvalue weighted by Gasteiger charge is 2.54. The maximum atomic E-state index is 13.0. The van der Waals surface area contributed by atoms with Crippen molar-refractivity contribution in [3.05, 3.63) is 22.3 Å². The molecule has 0 spiro atoms. The number of rotatable bonds is 8. The standard InChI is InChI=1S/C20H24N6O7S2/c1-26(4-3-9(5-26)18(29)30)6-10-7-34-17-13(16(28)25(17)14(10)19(31)32)23-15(27)12(24-33-2)11-8-35-20(21)22-11/h8-9,13,17H,3-7H2,1-2H3,(H4-,21,22,23,27,29,30,31,32)/b24-12-/t9?,13-,17-,26?/m1/s1. The number of nitrogens with one attached hydrogen (secondary N) is 1. The van der Waals surface area contributed by atoms with Gasteiger partial charge in [-0.3, -0.25) is 19.3 Å². The number of likely N-dealkylation sites (tertiary alicyclic amines) is 1. The van der Waals surface area contributed by atoms with Crippen LogP contribution in [0.4, 0.5) is 5.13 Å². The average Bonchev–Trinajstić information content (AvgIpc) is 3.40. The van der Waals surface area contributed by atoms with E-state index in [1.165, 1.54) is 24.3 Å². The first kappa shape index (κ1) is 24.9. The Morgan fingerprint density at radius 1 is 1.46 bits per heavy atom. The van der Waals surface area contributed by atoms with Gasteiger partial charge in [0.05, 0.1) is 31.8 Å². The molecule has 0 aliphatic carbocycles. The highest BCUT2D eigenvalue weighted by molar-refractivity contribution is 8.00. The van der Waals surface area contributed by atoms with Crippen LogP contribution in [0.3, 0.4) is 0 Å². The summed E-state index contributed by atoms with van der Waals surface area (Å²) in [7, 11) is 3.14. The molecule has 4 N–H and O–H groups in total. The molecule has 2 unspecified atom stereocenters. The molecular weight excluding hydrogens is 500 g/mol. The van der Waals surface area contributed by atoms with Crippen LogP contribution in [0, 0.1) is 5.92 Å². The van der Waals surface area contributed by atoms with Gasteiger partial charge in [-0.15, -0.1) is 23.1 Å². The normalized spacial score (nSPS) is 28.4. The first-order valence-corrected chi connectivity index (χ1v) is 12.6. The van der Waals surface area contributed by atoms with Crippen LogP contribution in [0.2, 0.25) is 0 Å². The molecule has 13 nitrogen and oxygen atoms in total. The topological polar surface area (TPSA) is 187 Å². The van der Waals surface area contributed by atoms with E-state index in [2.05, 4.69) is 15.5 Å². The van der Waals surface area contributed by atoms with Gasteiger partial charge >= 0.3 is 5.97 Å². The summed E-state index contributed by atoms with van der Waals surface area (Å²) in [6.07, 6.45) is 0.502. The van der Waals surface area contributed by atoms with E-state index in [1.807, 2.05) is 7.05 Å². The third-order valence-corrected chi connectivity index (χ3v) is 8.30. The number of quaternary nitrogens is 1. The number of aromatic nitrogens is 1. The van der Waals surface area contributed by atoms with Gasteiger partial charge < -0.3 is 35.4 Å². The quantitative estimate of drug-likeness (QED) is 0.149. The predicted molar refractivity (Wildman–Crippen MR) is 124 cm³/mol. The zero-order valence-corrected chi connectivity index (χ0v) is 20.6. The molecule has 1 aromatic rings. The van der Waals surface area contributed by atoms with Gasteiger partial charge in [0, 0.05) is 23.1 Å². The van der Waals surface area contributed by atoms with Gasteiger partial charge in [0.25, 0.3) is 11.8 Å². The summed E-state index contributed by atoms with van der Waals surface area (Å²) < 4.78 is 0.365. The number of fused-ring (bicyclic) bond motifs is 1. The van der Waals surface area contributed by atoms with Crippen molar-refractivity contribution in [3.8, 4) is 0 Å². The number of nitrogens with two attached hydrogens (primary N) is 1.